The lowest BCUT2D eigenvalue weighted by Crippen LogP contribution is -2.36. The predicted molar refractivity (Wildman–Crippen MR) is 56.9 cm³/mol. The van der Waals surface area contributed by atoms with E-state index >= 15 is 0 Å². The molecule has 0 spiro atoms. The molecule has 0 aliphatic rings. The third-order valence-corrected chi connectivity index (χ3v) is 2.19. The van der Waals surface area contributed by atoms with Crippen molar-refractivity contribution in [3.63, 3.8) is 0 Å². The number of nitrogens with one attached hydrogen (secondary N) is 1. The van der Waals surface area contributed by atoms with Crippen LogP contribution in [0.15, 0.2) is 24.3 Å². The number of aromatic hydroxyl groups is 1. The molecule has 0 aliphatic carbocycles. The van der Waals surface area contributed by atoms with Crippen LogP contribution in [0.4, 0.5) is 13.2 Å². The second-order valence-electron chi connectivity index (χ2n) is 3.51. The van der Waals surface area contributed by atoms with Gasteiger partial charge in [0.1, 0.15) is 11.8 Å². The first-order valence-corrected chi connectivity index (χ1v) is 5.01. The van der Waals surface area contributed by atoms with E-state index in [9.17, 15) is 23.1 Å². The highest BCUT2D eigenvalue weighted by Crippen LogP contribution is 2.25. The average Bonchev–Trinajstić information content (AvgIpc) is 2.29. The summed E-state index contributed by atoms with van der Waals surface area (Å²) in [6.45, 7) is -1.36. The molecule has 0 saturated carbocycles. The highest BCUT2D eigenvalue weighted by Gasteiger charge is 2.32. The van der Waals surface area contributed by atoms with Crippen molar-refractivity contribution in [1.29, 1.82) is 0 Å². The van der Waals surface area contributed by atoms with Gasteiger partial charge in [-0.05, 0) is 6.07 Å². The fourth-order valence-corrected chi connectivity index (χ4v) is 1.39. The van der Waals surface area contributed by atoms with Gasteiger partial charge in [0.15, 0.2) is 0 Å². The molecule has 1 aromatic carbocycles. The van der Waals surface area contributed by atoms with Crippen molar-refractivity contribution in [2.75, 3.05) is 13.7 Å². The smallest absolute Gasteiger partial charge is 0.401 e. The van der Waals surface area contributed by atoms with Gasteiger partial charge in [-0.25, -0.2) is 4.79 Å². The molecule has 1 aromatic rings. The van der Waals surface area contributed by atoms with Crippen molar-refractivity contribution < 1.29 is 27.8 Å². The van der Waals surface area contributed by atoms with E-state index in [-0.39, 0.29) is 11.3 Å². The van der Waals surface area contributed by atoms with Crippen LogP contribution < -0.4 is 5.32 Å². The van der Waals surface area contributed by atoms with Crippen LogP contribution in [-0.2, 0) is 9.53 Å². The van der Waals surface area contributed by atoms with Gasteiger partial charge in [-0.3, -0.25) is 5.32 Å². The summed E-state index contributed by atoms with van der Waals surface area (Å²) in [4.78, 5) is 11.4. The van der Waals surface area contributed by atoms with Gasteiger partial charge in [-0.15, -0.1) is 0 Å². The molecule has 1 atom stereocenters. The summed E-state index contributed by atoms with van der Waals surface area (Å²) in [6, 6.07) is 4.26. The number of para-hydroxylation sites is 1. The highest BCUT2D eigenvalue weighted by atomic mass is 19.4. The Balaban J connectivity index is 2.93. The van der Waals surface area contributed by atoms with Gasteiger partial charge in [-0.1, -0.05) is 18.2 Å². The van der Waals surface area contributed by atoms with E-state index in [1.165, 1.54) is 24.3 Å². The van der Waals surface area contributed by atoms with Gasteiger partial charge >= 0.3 is 12.1 Å². The minimum absolute atomic E-state index is 0.0357. The van der Waals surface area contributed by atoms with Crippen molar-refractivity contribution >= 4 is 5.97 Å². The molecule has 0 aliphatic heterocycles. The SMILES string of the molecule is COC(=O)C(NCC(F)(F)F)c1ccccc1O. The molecule has 18 heavy (non-hydrogen) atoms. The van der Waals surface area contributed by atoms with Crippen LogP contribution in [0.1, 0.15) is 11.6 Å². The Morgan fingerprint density at radius 1 is 1.44 bits per heavy atom. The van der Waals surface area contributed by atoms with Crippen LogP contribution in [0.3, 0.4) is 0 Å². The molecule has 0 heterocycles. The number of rotatable bonds is 4. The maximum absolute atomic E-state index is 12.1. The number of benzene rings is 1. The normalized spacial score (nSPS) is 13.1. The molecular formula is C11H12F3NO3. The Hall–Kier alpha value is -1.76. The molecule has 4 nitrogen and oxygen atoms in total. The Labute approximate surface area is 101 Å². The number of ether oxygens (including phenoxy) is 1. The number of phenolic OH excluding ortho intramolecular Hbond substituents is 1. The first-order valence-electron chi connectivity index (χ1n) is 5.01. The van der Waals surface area contributed by atoms with Crippen LogP contribution in [0, 0.1) is 0 Å². The number of methoxy groups -OCH3 is 1. The van der Waals surface area contributed by atoms with Crippen molar-refractivity contribution in [3.8, 4) is 5.75 Å². The fourth-order valence-electron chi connectivity index (χ4n) is 1.39. The van der Waals surface area contributed by atoms with Crippen LogP contribution in [0.5, 0.6) is 5.75 Å². The minimum atomic E-state index is -4.46. The van der Waals surface area contributed by atoms with Crippen molar-refractivity contribution in [3.05, 3.63) is 29.8 Å². The predicted octanol–water partition coefficient (Wildman–Crippen LogP) is 1.76. The monoisotopic (exact) mass is 263 g/mol. The summed E-state index contributed by atoms with van der Waals surface area (Å²) in [5, 5.41) is 11.5. The number of carbonyl (C=O) groups is 1. The number of esters is 1. The zero-order chi connectivity index (χ0) is 13.8. The van der Waals surface area contributed by atoms with Crippen LogP contribution in [0.25, 0.3) is 0 Å². The lowest BCUT2D eigenvalue weighted by Gasteiger charge is -2.18. The topological polar surface area (TPSA) is 58.6 Å². The van der Waals surface area contributed by atoms with Crippen LogP contribution >= 0.6 is 0 Å². The van der Waals surface area contributed by atoms with Crippen molar-refractivity contribution in [2.24, 2.45) is 0 Å². The molecule has 0 fully saturated rings. The number of carbonyl (C=O) groups excluding carboxylic acids is 1. The van der Waals surface area contributed by atoms with E-state index in [2.05, 4.69) is 4.74 Å². The number of halogens is 3. The molecule has 1 unspecified atom stereocenters. The number of alkyl halides is 3. The summed E-state index contributed by atoms with van der Waals surface area (Å²) in [7, 11) is 1.06. The van der Waals surface area contributed by atoms with E-state index in [1.807, 2.05) is 5.32 Å². The standard InChI is InChI=1S/C11H12F3NO3/c1-18-10(17)9(15-6-11(12,13)14)7-4-2-3-5-8(7)16/h2-5,9,15-16H,6H2,1H3. The van der Waals surface area contributed by atoms with Gasteiger partial charge in [0, 0.05) is 5.56 Å². The lowest BCUT2D eigenvalue weighted by atomic mass is 10.1. The van der Waals surface area contributed by atoms with Gasteiger partial charge in [0.05, 0.1) is 13.7 Å². The summed E-state index contributed by atoms with van der Waals surface area (Å²) in [5.41, 5.74) is 0.0357. The number of phenols is 1. The van der Waals surface area contributed by atoms with Crippen LogP contribution in [0.2, 0.25) is 0 Å². The van der Waals surface area contributed by atoms with E-state index in [0.717, 1.165) is 7.11 Å². The molecule has 7 heteroatoms. The Bertz CT molecular complexity index is 420. The maximum Gasteiger partial charge on any atom is 0.401 e. The molecule has 0 bridgehead atoms. The Kier molecular flexibility index (Phi) is 4.55. The highest BCUT2D eigenvalue weighted by molar-refractivity contribution is 5.78. The molecule has 2 N–H and O–H groups in total. The third kappa shape index (κ3) is 3.92. The molecule has 0 aromatic heterocycles. The average molecular weight is 263 g/mol. The van der Waals surface area contributed by atoms with Crippen LogP contribution in [-0.4, -0.2) is 30.9 Å². The molecule has 1 rings (SSSR count). The van der Waals surface area contributed by atoms with Gasteiger partial charge in [0.25, 0.3) is 0 Å². The quantitative estimate of drug-likeness (QED) is 0.813. The minimum Gasteiger partial charge on any atom is -0.508 e. The summed E-state index contributed by atoms with van der Waals surface area (Å²) >= 11 is 0. The first-order chi connectivity index (χ1) is 8.35. The summed E-state index contributed by atoms with van der Waals surface area (Å²) in [5.74, 6) is -1.18. The zero-order valence-corrected chi connectivity index (χ0v) is 9.49. The maximum atomic E-state index is 12.1. The molecular weight excluding hydrogens is 251 g/mol. The first kappa shape index (κ1) is 14.3. The third-order valence-electron chi connectivity index (χ3n) is 2.19. The summed E-state index contributed by atoms with van der Waals surface area (Å²) < 4.78 is 40.8. The van der Waals surface area contributed by atoms with Crippen molar-refractivity contribution in [2.45, 2.75) is 12.2 Å². The van der Waals surface area contributed by atoms with E-state index in [4.69, 9.17) is 0 Å². The van der Waals surface area contributed by atoms with Crippen molar-refractivity contribution in [1.82, 2.24) is 5.32 Å². The fraction of sp³-hybridized carbons (Fsp3) is 0.364. The molecule has 0 saturated heterocycles. The van der Waals surface area contributed by atoms with E-state index in [0.29, 0.717) is 0 Å². The van der Waals surface area contributed by atoms with Gasteiger partial charge in [0.2, 0.25) is 0 Å². The van der Waals surface area contributed by atoms with E-state index in [1.54, 1.807) is 0 Å². The van der Waals surface area contributed by atoms with Gasteiger partial charge < -0.3 is 9.84 Å². The zero-order valence-electron chi connectivity index (χ0n) is 9.49. The Morgan fingerprint density at radius 3 is 2.56 bits per heavy atom. The lowest BCUT2D eigenvalue weighted by molar-refractivity contribution is -0.146. The second-order valence-corrected chi connectivity index (χ2v) is 3.51. The summed E-state index contributed by atoms with van der Waals surface area (Å²) in [6.07, 6.45) is -4.46. The number of hydrogen-bond donors (Lipinski definition) is 2. The second kappa shape index (κ2) is 5.72. The van der Waals surface area contributed by atoms with E-state index < -0.39 is 24.7 Å². The Morgan fingerprint density at radius 2 is 2.06 bits per heavy atom. The largest absolute Gasteiger partial charge is 0.508 e. The van der Waals surface area contributed by atoms with Gasteiger partial charge in [-0.2, -0.15) is 13.2 Å². The molecule has 0 amide bonds. The molecule has 0 radical (unpaired) electrons. The number of hydrogen-bond acceptors (Lipinski definition) is 4. The molecule has 100 valence electrons.